The van der Waals surface area contributed by atoms with Gasteiger partial charge in [0.05, 0.1) is 12.9 Å². The van der Waals surface area contributed by atoms with Gasteiger partial charge in [0.2, 0.25) is 0 Å². The van der Waals surface area contributed by atoms with E-state index in [1.54, 1.807) is 60.7 Å². The van der Waals surface area contributed by atoms with Crippen molar-refractivity contribution in [2.24, 2.45) is 0 Å². The minimum atomic E-state index is -0.363. The molecule has 0 bridgehead atoms. The van der Waals surface area contributed by atoms with Crippen LogP contribution in [0.15, 0.2) is 71.3 Å². The maximum Gasteiger partial charge on any atom is 0.291 e. The summed E-state index contributed by atoms with van der Waals surface area (Å²) in [6, 6.07) is 16.9. The van der Waals surface area contributed by atoms with Gasteiger partial charge in [0, 0.05) is 23.5 Å². The van der Waals surface area contributed by atoms with Crippen molar-refractivity contribution in [3.05, 3.63) is 78.3 Å². The third-order valence-corrected chi connectivity index (χ3v) is 3.94. The van der Waals surface area contributed by atoms with Crippen LogP contribution in [0.1, 0.15) is 27.8 Å². The first-order chi connectivity index (χ1) is 14.2. The van der Waals surface area contributed by atoms with E-state index < -0.39 is 0 Å². The Labute approximate surface area is 168 Å². The smallest absolute Gasteiger partial charge is 0.291 e. The van der Waals surface area contributed by atoms with Crippen molar-refractivity contribution in [3.8, 4) is 5.75 Å². The molecule has 2 N–H and O–H groups in total. The van der Waals surface area contributed by atoms with Crippen molar-refractivity contribution in [2.75, 3.05) is 30.5 Å². The first-order valence-electron chi connectivity index (χ1n) is 9.22. The number of rotatable bonds is 9. The molecule has 0 aliphatic heterocycles. The number of amides is 2. The minimum absolute atomic E-state index is 0.211. The number of benzene rings is 2. The molecule has 150 valence electrons. The summed E-state index contributed by atoms with van der Waals surface area (Å²) in [5.74, 6) is 0.255. The van der Waals surface area contributed by atoms with Crippen molar-refractivity contribution >= 4 is 23.2 Å². The van der Waals surface area contributed by atoms with E-state index in [0.717, 1.165) is 0 Å². The van der Waals surface area contributed by atoms with Gasteiger partial charge in [-0.05, 0) is 61.5 Å². The van der Waals surface area contributed by atoms with Gasteiger partial charge in [0.25, 0.3) is 11.8 Å². The molecular weight excluding hydrogens is 372 g/mol. The van der Waals surface area contributed by atoms with Gasteiger partial charge in [-0.25, -0.2) is 0 Å². The zero-order valence-corrected chi connectivity index (χ0v) is 16.0. The number of carbonyl (C=O) groups excluding carboxylic acids is 2. The summed E-state index contributed by atoms with van der Waals surface area (Å²) in [6.45, 7) is 3.55. The quantitative estimate of drug-likeness (QED) is 0.531. The zero-order chi connectivity index (χ0) is 20.5. The largest absolute Gasteiger partial charge is 0.491 e. The number of hydrogen-bond acceptors (Lipinski definition) is 5. The number of carbonyl (C=O) groups is 2. The fourth-order valence-corrected chi connectivity index (χ4v) is 2.54. The Balaban J connectivity index is 1.57. The van der Waals surface area contributed by atoms with Crippen LogP contribution in [-0.4, -0.2) is 31.6 Å². The van der Waals surface area contributed by atoms with E-state index in [4.69, 9.17) is 13.9 Å². The average molecular weight is 394 g/mol. The Kier molecular flexibility index (Phi) is 7.02. The summed E-state index contributed by atoms with van der Waals surface area (Å²) in [4.78, 5) is 24.5. The van der Waals surface area contributed by atoms with E-state index in [9.17, 15) is 9.59 Å². The fraction of sp³-hybridized carbons (Fsp3) is 0.182. The van der Waals surface area contributed by atoms with Gasteiger partial charge in [-0.15, -0.1) is 0 Å². The zero-order valence-electron chi connectivity index (χ0n) is 16.0. The van der Waals surface area contributed by atoms with Crippen molar-refractivity contribution in [1.29, 1.82) is 0 Å². The maximum atomic E-state index is 12.5. The Hall–Kier alpha value is -3.58. The third kappa shape index (κ3) is 5.95. The van der Waals surface area contributed by atoms with E-state index in [2.05, 4.69) is 10.6 Å². The van der Waals surface area contributed by atoms with Crippen LogP contribution < -0.4 is 15.4 Å². The molecule has 1 aromatic heterocycles. The Morgan fingerprint density at radius 1 is 0.897 bits per heavy atom. The molecular formula is C22H22N2O5. The predicted molar refractivity (Wildman–Crippen MR) is 109 cm³/mol. The molecule has 7 heteroatoms. The minimum Gasteiger partial charge on any atom is -0.491 e. The number of anilines is 2. The molecule has 29 heavy (non-hydrogen) atoms. The molecule has 1 heterocycles. The first-order valence-corrected chi connectivity index (χ1v) is 9.22. The molecule has 0 radical (unpaired) electrons. The van der Waals surface area contributed by atoms with Gasteiger partial charge in [0.1, 0.15) is 12.4 Å². The highest BCUT2D eigenvalue weighted by molar-refractivity contribution is 6.05. The van der Waals surface area contributed by atoms with Gasteiger partial charge >= 0.3 is 0 Å². The molecule has 0 spiro atoms. The molecule has 0 saturated carbocycles. The van der Waals surface area contributed by atoms with Crippen LogP contribution in [0.3, 0.4) is 0 Å². The van der Waals surface area contributed by atoms with Crippen LogP contribution in [-0.2, 0) is 4.74 Å². The lowest BCUT2D eigenvalue weighted by Crippen LogP contribution is -2.13. The molecule has 3 aromatic rings. The summed E-state index contributed by atoms with van der Waals surface area (Å²) in [5.41, 5.74) is 1.60. The topological polar surface area (TPSA) is 89.8 Å². The molecule has 0 aliphatic carbocycles. The van der Waals surface area contributed by atoms with E-state index in [0.29, 0.717) is 42.5 Å². The number of ether oxygens (including phenoxy) is 2. The molecule has 7 nitrogen and oxygen atoms in total. The standard InChI is InChI=1S/C22H22N2O5/c1-2-27-13-14-28-19-10-8-16(9-11-19)21(25)23-17-5-3-6-18(15-17)24-22(26)20-7-4-12-29-20/h3-12,15H,2,13-14H2,1H3,(H,23,25)(H,24,26). The van der Waals surface area contributed by atoms with Gasteiger partial charge < -0.3 is 24.5 Å². The van der Waals surface area contributed by atoms with Gasteiger partial charge in [-0.2, -0.15) is 0 Å². The second-order valence-electron chi connectivity index (χ2n) is 6.04. The molecule has 3 rings (SSSR count). The highest BCUT2D eigenvalue weighted by Crippen LogP contribution is 2.18. The highest BCUT2D eigenvalue weighted by atomic mass is 16.5. The molecule has 0 fully saturated rings. The second kappa shape index (κ2) is 10.1. The van der Waals surface area contributed by atoms with E-state index in [1.807, 2.05) is 6.92 Å². The van der Waals surface area contributed by atoms with Crippen molar-refractivity contribution in [2.45, 2.75) is 6.92 Å². The molecule has 0 saturated heterocycles. The van der Waals surface area contributed by atoms with Gasteiger partial charge in [-0.1, -0.05) is 6.07 Å². The number of nitrogens with one attached hydrogen (secondary N) is 2. The van der Waals surface area contributed by atoms with Crippen molar-refractivity contribution in [1.82, 2.24) is 0 Å². The van der Waals surface area contributed by atoms with Crippen LogP contribution in [0.5, 0.6) is 5.75 Å². The Morgan fingerprint density at radius 3 is 2.28 bits per heavy atom. The first kappa shape index (κ1) is 20.2. The molecule has 0 atom stereocenters. The Morgan fingerprint density at radius 2 is 1.62 bits per heavy atom. The van der Waals surface area contributed by atoms with Crippen LogP contribution >= 0.6 is 0 Å². The second-order valence-corrected chi connectivity index (χ2v) is 6.04. The van der Waals surface area contributed by atoms with Crippen LogP contribution in [0, 0.1) is 0 Å². The van der Waals surface area contributed by atoms with Gasteiger partial charge in [0.15, 0.2) is 5.76 Å². The number of hydrogen-bond donors (Lipinski definition) is 2. The summed E-state index contributed by atoms with van der Waals surface area (Å²) < 4.78 is 15.8. The number of furan rings is 1. The SMILES string of the molecule is CCOCCOc1ccc(C(=O)Nc2cccc(NC(=O)c3ccco3)c2)cc1. The highest BCUT2D eigenvalue weighted by Gasteiger charge is 2.10. The molecule has 2 aromatic carbocycles. The Bertz CT molecular complexity index is 936. The van der Waals surface area contributed by atoms with Crippen molar-refractivity contribution < 1.29 is 23.5 Å². The van der Waals surface area contributed by atoms with Crippen LogP contribution in [0.25, 0.3) is 0 Å². The lowest BCUT2D eigenvalue weighted by molar-refractivity contribution is 0.0995. The lowest BCUT2D eigenvalue weighted by Gasteiger charge is -2.09. The maximum absolute atomic E-state index is 12.5. The molecule has 0 aliphatic rings. The summed E-state index contributed by atoms with van der Waals surface area (Å²) in [6.07, 6.45) is 1.43. The third-order valence-electron chi connectivity index (χ3n) is 3.94. The lowest BCUT2D eigenvalue weighted by atomic mass is 10.2. The van der Waals surface area contributed by atoms with Crippen LogP contribution in [0.4, 0.5) is 11.4 Å². The van der Waals surface area contributed by atoms with Gasteiger partial charge in [-0.3, -0.25) is 9.59 Å². The summed E-state index contributed by atoms with van der Waals surface area (Å²) in [5, 5.41) is 5.53. The predicted octanol–water partition coefficient (Wildman–Crippen LogP) is 4.20. The monoisotopic (exact) mass is 394 g/mol. The van der Waals surface area contributed by atoms with E-state index >= 15 is 0 Å². The van der Waals surface area contributed by atoms with E-state index in [-0.39, 0.29) is 17.6 Å². The van der Waals surface area contributed by atoms with Crippen LogP contribution in [0.2, 0.25) is 0 Å². The summed E-state index contributed by atoms with van der Waals surface area (Å²) in [7, 11) is 0. The molecule has 2 amide bonds. The average Bonchev–Trinajstić information content (AvgIpc) is 3.27. The molecule has 0 unspecified atom stereocenters. The summed E-state index contributed by atoms with van der Waals surface area (Å²) >= 11 is 0. The fourth-order valence-electron chi connectivity index (χ4n) is 2.54. The normalized spacial score (nSPS) is 10.4. The van der Waals surface area contributed by atoms with E-state index in [1.165, 1.54) is 6.26 Å². The van der Waals surface area contributed by atoms with Crippen molar-refractivity contribution in [3.63, 3.8) is 0 Å².